The largest absolute Gasteiger partial charge is 0.346 e. The van der Waals surface area contributed by atoms with Crippen molar-refractivity contribution in [3.8, 4) is 0 Å². The quantitative estimate of drug-likeness (QED) is 0.770. The fourth-order valence-corrected chi connectivity index (χ4v) is 2.96. The molecule has 1 aromatic heterocycles. The van der Waals surface area contributed by atoms with Gasteiger partial charge >= 0.3 is 0 Å². The Labute approximate surface area is 119 Å². The molecule has 2 heterocycles. The second kappa shape index (κ2) is 6.39. The van der Waals surface area contributed by atoms with Crippen LogP contribution in [0.2, 0.25) is 0 Å². The van der Waals surface area contributed by atoms with E-state index >= 15 is 0 Å². The summed E-state index contributed by atoms with van der Waals surface area (Å²) < 4.78 is 0. The van der Waals surface area contributed by atoms with E-state index in [4.69, 9.17) is 0 Å². The lowest BCUT2D eigenvalue weighted by molar-refractivity contribution is -0.124. The van der Waals surface area contributed by atoms with E-state index in [2.05, 4.69) is 20.8 Å². The molecule has 106 valence electrons. The minimum absolute atomic E-state index is 0. The number of halogens is 1. The summed E-state index contributed by atoms with van der Waals surface area (Å²) in [7, 11) is 0. The first-order valence-corrected chi connectivity index (χ1v) is 6.90. The molecule has 1 amide bonds. The van der Waals surface area contributed by atoms with E-state index in [1.165, 1.54) is 12.0 Å². The van der Waals surface area contributed by atoms with E-state index in [0.29, 0.717) is 0 Å². The van der Waals surface area contributed by atoms with Crippen molar-refractivity contribution in [1.29, 1.82) is 0 Å². The van der Waals surface area contributed by atoms with Crippen LogP contribution in [0.15, 0.2) is 6.20 Å². The van der Waals surface area contributed by atoms with Gasteiger partial charge in [-0.2, -0.15) is 5.10 Å². The number of carbonyl (C=O) groups is 1. The van der Waals surface area contributed by atoms with Gasteiger partial charge in [-0.1, -0.05) is 6.42 Å². The Morgan fingerprint density at radius 2 is 2.21 bits per heavy atom. The predicted octanol–water partition coefficient (Wildman–Crippen LogP) is 1.47. The summed E-state index contributed by atoms with van der Waals surface area (Å²) in [6, 6.07) is 0.111. The first kappa shape index (κ1) is 14.3. The third kappa shape index (κ3) is 3.09. The number of aromatic nitrogens is 2. The van der Waals surface area contributed by atoms with Crippen molar-refractivity contribution in [2.24, 2.45) is 0 Å². The van der Waals surface area contributed by atoms with Gasteiger partial charge in [-0.05, 0) is 44.2 Å². The van der Waals surface area contributed by atoms with Gasteiger partial charge in [-0.15, -0.1) is 12.4 Å². The molecule has 0 spiro atoms. The molecule has 3 N–H and O–H groups in total. The number of hydrogen-bond acceptors (Lipinski definition) is 3. The van der Waals surface area contributed by atoms with Crippen molar-refractivity contribution in [1.82, 2.24) is 20.8 Å². The van der Waals surface area contributed by atoms with Gasteiger partial charge in [-0.3, -0.25) is 9.89 Å². The maximum absolute atomic E-state index is 12.2. The Balaban J connectivity index is 0.00000133. The molecule has 0 bridgehead atoms. The molecule has 5 nitrogen and oxygen atoms in total. The van der Waals surface area contributed by atoms with Gasteiger partial charge < -0.3 is 10.6 Å². The third-order valence-electron chi connectivity index (χ3n) is 3.98. The van der Waals surface area contributed by atoms with Gasteiger partial charge in [0.15, 0.2) is 0 Å². The highest BCUT2D eigenvalue weighted by atomic mass is 35.5. The standard InChI is InChI=1S/C13H20N4O.ClH/c18-13(11-5-1-2-7-14-11)16-10-6-3-4-9-8-15-17-12(9)10;/h8,10-11,14H,1-7H2,(H,15,17)(H,16,18);1H. The van der Waals surface area contributed by atoms with Crippen LogP contribution in [0.3, 0.4) is 0 Å². The molecule has 1 saturated heterocycles. The average molecular weight is 285 g/mol. The molecule has 1 aliphatic heterocycles. The fraction of sp³-hybridized carbons (Fsp3) is 0.692. The summed E-state index contributed by atoms with van der Waals surface area (Å²) in [4.78, 5) is 12.2. The van der Waals surface area contributed by atoms with Gasteiger partial charge in [0.1, 0.15) is 0 Å². The molecule has 1 aromatic rings. The second-order valence-electron chi connectivity index (χ2n) is 5.26. The van der Waals surface area contributed by atoms with Crippen LogP contribution in [0.25, 0.3) is 0 Å². The molecule has 19 heavy (non-hydrogen) atoms. The lowest BCUT2D eigenvalue weighted by atomic mass is 9.93. The number of aromatic amines is 1. The smallest absolute Gasteiger partial charge is 0.237 e. The van der Waals surface area contributed by atoms with Gasteiger partial charge in [0.25, 0.3) is 0 Å². The van der Waals surface area contributed by atoms with Crippen LogP contribution >= 0.6 is 12.4 Å². The molecule has 2 atom stereocenters. The summed E-state index contributed by atoms with van der Waals surface area (Å²) in [6.45, 7) is 0.956. The van der Waals surface area contributed by atoms with E-state index in [1.54, 1.807) is 0 Å². The van der Waals surface area contributed by atoms with Crippen molar-refractivity contribution in [3.63, 3.8) is 0 Å². The summed E-state index contributed by atoms with van der Waals surface area (Å²) >= 11 is 0. The molecule has 1 aliphatic carbocycles. The first-order chi connectivity index (χ1) is 8.84. The van der Waals surface area contributed by atoms with Crippen molar-refractivity contribution in [2.45, 2.75) is 50.6 Å². The van der Waals surface area contributed by atoms with Gasteiger partial charge in [0.05, 0.1) is 24.0 Å². The van der Waals surface area contributed by atoms with Gasteiger partial charge in [0.2, 0.25) is 5.91 Å². The predicted molar refractivity (Wildman–Crippen MR) is 75.3 cm³/mol. The Hall–Kier alpha value is -1.07. The molecule has 0 radical (unpaired) electrons. The minimum atomic E-state index is -0.00736. The maximum Gasteiger partial charge on any atom is 0.237 e. The van der Waals surface area contributed by atoms with E-state index < -0.39 is 0 Å². The number of nitrogens with one attached hydrogen (secondary N) is 3. The number of aryl methyl sites for hydroxylation is 1. The fourth-order valence-electron chi connectivity index (χ4n) is 2.96. The Morgan fingerprint density at radius 3 is 3.00 bits per heavy atom. The van der Waals surface area contributed by atoms with E-state index in [0.717, 1.165) is 44.3 Å². The zero-order valence-electron chi connectivity index (χ0n) is 10.9. The number of carbonyl (C=O) groups excluding carboxylic acids is 1. The summed E-state index contributed by atoms with van der Waals surface area (Å²) in [6.07, 6.45) is 8.35. The molecule has 2 unspecified atom stereocenters. The van der Waals surface area contributed by atoms with Crippen molar-refractivity contribution >= 4 is 18.3 Å². The number of fused-ring (bicyclic) bond motifs is 1. The highest BCUT2D eigenvalue weighted by Gasteiger charge is 2.27. The number of H-pyrrole nitrogens is 1. The van der Waals surface area contributed by atoms with Crippen LogP contribution in [-0.2, 0) is 11.2 Å². The van der Waals surface area contributed by atoms with E-state index in [-0.39, 0.29) is 30.4 Å². The van der Waals surface area contributed by atoms with Crippen molar-refractivity contribution < 1.29 is 4.79 Å². The number of rotatable bonds is 2. The molecular weight excluding hydrogens is 264 g/mol. The molecule has 3 rings (SSSR count). The number of amides is 1. The maximum atomic E-state index is 12.2. The lowest BCUT2D eigenvalue weighted by Crippen LogP contribution is -2.47. The topological polar surface area (TPSA) is 69.8 Å². The molecule has 0 saturated carbocycles. The first-order valence-electron chi connectivity index (χ1n) is 6.90. The van der Waals surface area contributed by atoms with E-state index in [9.17, 15) is 4.79 Å². The Kier molecular flexibility index (Phi) is 4.82. The molecule has 2 aliphatic rings. The lowest BCUT2D eigenvalue weighted by Gasteiger charge is -2.27. The monoisotopic (exact) mass is 284 g/mol. The van der Waals surface area contributed by atoms with Crippen molar-refractivity contribution in [2.75, 3.05) is 6.54 Å². The third-order valence-corrected chi connectivity index (χ3v) is 3.98. The Bertz CT molecular complexity index is 428. The molecular formula is C13H21ClN4O. The second-order valence-corrected chi connectivity index (χ2v) is 5.26. The van der Waals surface area contributed by atoms with Gasteiger partial charge in [-0.25, -0.2) is 0 Å². The van der Waals surface area contributed by atoms with Crippen LogP contribution in [-0.4, -0.2) is 28.7 Å². The normalized spacial score (nSPS) is 26.1. The Morgan fingerprint density at radius 1 is 1.32 bits per heavy atom. The SMILES string of the molecule is Cl.O=C(NC1CCCc2cn[nH]c21)C1CCCCN1. The van der Waals surface area contributed by atoms with Crippen LogP contribution in [0.1, 0.15) is 49.4 Å². The van der Waals surface area contributed by atoms with Crippen molar-refractivity contribution in [3.05, 3.63) is 17.5 Å². The van der Waals surface area contributed by atoms with Crippen LogP contribution < -0.4 is 10.6 Å². The average Bonchev–Trinajstić information content (AvgIpc) is 2.89. The van der Waals surface area contributed by atoms with Crippen LogP contribution in [0.4, 0.5) is 0 Å². The van der Waals surface area contributed by atoms with Gasteiger partial charge in [0, 0.05) is 0 Å². The number of piperidine rings is 1. The number of hydrogen-bond donors (Lipinski definition) is 3. The summed E-state index contributed by atoms with van der Waals surface area (Å²) in [5, 5.41) is 13.6. The van der Waals surface area contributed by atoms with E-state index in [1.807, 2.05) is 6.20 Å². The highest BCUT2D eigenvalue weighted by molar-refractivity contribution is 5.85. The summed E-state index contributed by atoms with van der Waals surface area (Å²) in [5.41, 5.74) is 2.36. The number of nitrogens with zero attached hydrogens (tertiary/aromatic N) is 1. The molecule has 6 heteroatoms. The molecule has 1 fully saturated rings. The minimum Gasteiger partial charge on any atom is -0.346 e. The zero-order chi connectivity index (χ0) is 12.4. The molecule has 0 aromatic carbocycles. The van der Waals surface area contributed by atoms with Crippen LogP contribution in [0.5, 0.6) is 0 Å². The zero-order valence-corrected chi connectivity index (χ0v) is 11.8. The van der Waals surface area contributed by atoms with Crippen LogP contribution in [0, 0.1) is 0 Å². The highest BCUT2D eigenvalue weighted by Crippen LogP contribution is 2.27. The summed E-state index contributed by atoms with van der Waals surface area (Å²) in [5.74, 6) is 0.141.